The van der Waals surface area contributed by atoms with Crippen LogP contribution in [0.25, 0.3) is 0 Å². The molecular formula is C13H10ClN5O5. The Hall–Kier alpha value is -3.14. The Kier molecular flexibility index (Phi) is 4.04. The molecule has 0 saturated heterocycles. The number of aryl methyl sites for hydroxylation is 1. The first kappa shape index (κ1) is 15.7. The minimum absolute atomic E-state index is 0.0111. The first-order valence-corrected chi connectivity index (χ1v) is 6.94. The summed E-state index contributed by atoms with van der Waals surface area (Å²) in [4.78, 5) is 22.5. The first-order chi connectivity index (χ1) is 11.5. The van der Waals surface area contributed by atoms with Gasteiger partial charge < -0.3 is 9.47 Å². The van der Waals surface area contributed by atoms with Crippen molar-refractivity contribution in [2.45, 2.75) is 0 Å². The third-order valence-electron chi connectivity index (χ3n) is 3.20. The number of carbonyl (C=O) groups is 1. The number of nitro benzene ring substituents is 1. The van der Waals surface area contributed by atoms with Crippen LogP contribution in [0.1, 0.15) is 16.1 Å². The quantitative estimate of drug-likeness (QED) is 0.506. The van der Waals surface area contributed by atoms with Crippen molar-refractivity contribution in [2.75, 3.05) is 6.79 Å². The fourth-order valence-corrected chi connectivity index (χ4v) is 2.34. The van der Waals surface area contributed by atoms with Crippen LogP contribution < -0.4 is 14.9 Å². The van der Waals surface area contributed by atoms with Gasteiger partial charge in [-0.2, -0.15) is 10.2 Å². The van der Waals surface area contributed by atoms with E-state index in [1.54, 1.807) is 7.05 Å². The molecule has 0 unspecified atom stereocenters. The molecule has 0 fully saturated rings. The van der Waals surface area contributed by atoms with Gasteiger partial charge in [0, 0.05) is 7.05 Å². The highest BCUT2D eigenvalue weighted by Gasteiger charge is 2.22. The van der Waals surface area contributed by atoms with Gasteiger partial charge in [-0.05, 0) is 6.07 Å². The largest absolute Gasteiger partial charge is 0.454 e. The van der Waals surface area contributed by atoms with Gasteiger partial charge >= 0.3 is 0 Å². The van der Waals surface area contributed by atoms with Gasteiger partial charge in [-0.1, -0.05) is 11.6 Å². The second-order valence-electron chi connectivity index (χ2n) is 4.69. The Balaban J connectivity index is 1.82. The number of benzene rings is 1. The van der Waals surface area contributed by atoms with E-state index in [1.807, 2.05) is 0 Å². The fraction of sp³-hybridized carbons (Fsp3) is 0.154. The number of hydrazone groups is 1. The van der Waals surface area contributed by atoms with Crippen molar-refractivity contribution >= 4 is 29.4 Å². The molecule has 3 rings (SSSR count). The van der Waals surface area contributed by atoms with Gasteiger partial charge in [-0.3, -0.25) is 19.6 Å². The number of halogens is 1. The van der Waals surface area contributed by atoms with Gasteiger partial charge in [-0.25, -0.2) is 5.43 Å². The summed E-state index contributed by atoms with van der Waals surface area (Å²) < 4.78 is 11.6. The van der Waals surface area contributed by atoms with E-state index in [9.17, 15) is 14.9 Å². The van der Waals surface area contributed by atoms with Crippen LogP contribution in [0, 0.1) is 10.1 Å². The molecule has 1 aliphatic heterocycles. The van der Waals surface area contributed by atoms with Crippen molar-refractivity contribution in [1.29, 1.82) is 0 Å². The monoisotopic (exact) mass is 351 g/mol. The molecule has 0 saturated carbocycles. The molecule has 0 radical (unpaired) electrons. The normalized spacial score (nSPS) is 12.6. The molecule has 2 heterocycles. The van der Waals surface area contributed by atoms with Crippen molar-refractivity contribution in [3.63, 3.8) is 0 Å². The standard InChI is InChI=1S/C13H10ClN5O5/c1-18-12(8(14)5-16-18)13(20)17-15-4-7-2-10-11(24-6-23-10)3-9(7)19(21)22/h2-5H,6H2,1H3,(H,17,20). The van der Waals surface area contributed by atoms with E-state index in [0.717, 1.165) is 6.21 Å². The Bertz CT molecular complexity index is 843. The summed E-state index contributed by atoms with van der Waals surface area (Å²) in [5.41, 5.74) is 2.29. The summed E-state index contributed by atoms with van der Waals surface area (Å²) in [6, 6.07) is 2.65. The Labute approximate surface area is 139 Å². The third-order valence-corrected chi connectivity index (χ3v) is 3.47. The van der Waals surface area contributed by atoms with Crippen LogP contribution in [-0.2, 0) is 7.05 Å². The minimum atomic E-state index is -0.598. The molecule has 1 aromatic heterocycles. The average molecular weight is 352 g/mol. The van der Waals surface area contributed by atoms with E-state index < -0.39 is 10.8 Å². The van der Waals surface area contributed by atoms with E-state index in [2.05, 4.69) is 15.6 Å². The van der Waals surface area contributed by atoms with E-state index in [4.69, 9.17) is 21.1 Å². The number of nitrogens with zero attached hydrogens (tertiary/aromatic N) is 4. The molecule has 24 heavy (non-hydrogen) atoms. The zero-order chi connectivity index (χ0) is 17.3. The van der Waals surface area contributed by atoms with Crippen LogP contribution in [0.3, 0.4) is 0 Å². The highest BCUT2D eigenvalue weighted by atomic mass is 35.5. The van der Waals surface area contributed by atoms with Gasteiger partial charge in [0.1, 0.15) is 5.69 Å². The number of hydrogen-bond donors (Lipinski definition) is 1. The molecule has 0 spiro atoms. The van der Waals surface area contributed by atoms with Crippen molar-refractivity contribution in [2.24, 2.45) is 12.1 Å². The number of amides is 1. The van der Waals surface area contributed by atoms with Gasteiger partial charge in [0.15, 0.2) is 11.5 Å². The van der Waals surface area contributed by atoms with E-state index in [0.29, 0.717) is 5.75 Å². The van der Waals surface area contributed by atoms with Crippen molar-refractivity contribution in [1.82, 2.24) is 15.2 Å². The molecule has 1 aromatic carbocycles. The number of nitro groups is 1. The molecule has 2 aromatic rings. The number of carbonyl (C=O) groups excluding carboxylic acids is 1. The fourth-order valence-electron chi connectivity index (χ4n) is 2.09. The summed E-state index contributed by atoms with van der Waals surface area (Å²) in [6.07, 6.45) is 2.46. The highest BCUT2D eigenvalue weighted by Crippen LogP contribution is 2.37. The lowest BCUT2D eigenvalue weighted by molar-refractivity contribution is -0.385. The van der Waals surface area contributed by atoms with Crippen LogP contribution >= 0.6 is 11.6 Å². The summed E-state index contributed by atoms with van der Waals surface area (Å²) in [6.45, 7) is -0.0111. The molecule has 0 bridgehead atoms. The maximum atomic E-state index is 12.0. The summed E-state index contributed by atoms with van der Waals surface area (Å²) in [7, 11) is 1.55. The van der Waals surface area contributed by atoms with Crippen molar-refractivity contribution in [3.8, 4) is 11.5 Å². The van der Waals surface area contributed by atoms with Crippen molar-refractivity contribution < 1.29 is 19.2 Å². The summed E-state index contributed by atoms with van der Waals surface area (Å²) in [5.74, 6) is 0.0484. The Morgan fingerprint density at radius 2 is 2.21 bits per heavy atom. The lowest BCUT2D eigenvalue weighted by atomic mass is 10.1. The third kappa shape index (κ3) is 2.86. The lowest BCUT2D eigenvalue weighted by Gasteiger charge is -2.02. The van der Waals surface area contributed by atoms with Crippen LogP contribution in [-0.4, -0.2) is 33.6 Å². The van der Waals surface area contributed by atoms with Crippen LogP contribution in [0.15, 0.2) is 23.4 Å². The molecule has 10 nitrogen and oxygen atoms in total. The predicted octanol–water partition coefficient (Wildman–Crippen LogP) is 1.47. The van der Waals surface area contributed by atoms with E-state index in [1.165, 1.54) is 23.0 Å². The highest BCUT2D eigenvalue weighted by molar-refractivity contribution is 6.33. The van der Waals surface area contributed by atoms with Gasteiger partial charge in [0.05, 0.1) is 34.0 Å². The maximum absolute atomic E-state index is 12.0. The second-order valence-corrected chi connectivity index (χ2v) is 5.09. The van der Waals surface area contributed by atoms with E-state index >= 15 is 0 Å². The zero-order valence-electron chi connectivity index (χ0n) is 12.2. The minimum Gasteiger partial charge on any atom is -0.454 e. The zero-order valence-corrected chi connectivity index (χ0v) is 13.0. The van der Waals surface area contributed by atoms with Gasteiger partial charge in [0.25, 0.3) is 11.6 Å². The smallest absolute Gasteiger partial charge is 0.291 e. The average Bonchev–Trinajstić information content (AvgIpc) is 3.12. The SMILES string of the molecule is Cn1ncc(Cl)c1C(=O)NN=Cc1cc2c(cc1[N+](=O)[O-])OCO2. The van der Waals surface area contributed by atoms with Crippen LogP contribution in [0.2, 0.25) is 5.02 Å². The molecule has 1 N–H and O–H groups in total. The number of nitrogens with one attached hydrogen (secondary N) is 1. The first-order valence-electron chi connectivity index (χ1n) is 6.56. The number of aromatic nitrogens is 2. The molecule has 0 atom stereocenters. The summed E-state index contributed by atoms with van der Waals surface area (Å²) >= 11 is 5.85. The summed E-state index contributed by atoms with van der Waals surface area (Å²) in [5, 5.41) is 18.8. The molecule has 124 valence electrons. The van der Waals surface area contributed by atoms with Crippen LogP contribution in [0.5, 0.6) is 11.5 Å². The molecule has 1 amide bonds. The molecule has 1 aliphatic rings. The Morgan fingerprint density at radius 1 is 1.50 bits per heavy atom. The van der Waals surface area contributed by atoms with Crippen molar-refractivity contribution in [3.05, 3.63) is 44.7 Å². The lowest BCUT2D eigenvalue weighted by Crippen LogP contribution is -2.21. The second kappa shape index (κ2) is 6.16. The topological polar surface area (TPSA) is 121 Å². The number of rotatable bonds is 4. The number of hydrogen-bond acceptors (Lipinski definition) is 7. The molecule has 0 aliphatic carbocycles. The Morgan fingerprint density at radius 3 is 2.83 bits per heavy atom. The van der Waals surface area contributed by atoms with Gasteiger partial charge in [0.2, 0.25) is 6.79 Å². The number of ether oxygens (including phenoxy) is 2. The molecular weight excluding hydrogens is 342 g/mol. The molecule has 11 heteroatoms. The maximum Gasteiger partial charge on any atom is 0.291 e. The van der Waals surface area contributed by atoms with Gasteiger partial charge in [-0.15, -0.1) is 0 Å². The van der Waals surface area contributed by atoms with E-state index in [-0.39, 0.29) is 34.5 Å². The number of fused-ring (bicyclic) bond motifs is 1. The van der Waals surface area contributed by atoms with Crippen LogP contribution in [0.4, 0.5) is 5.69 Å². The predicted molar refractivity (Wildman–Crippen MR) is 82.5 cm³/mol.